The first kappa shape index (κ1) is 13.9. The van der Waals surface area contributed by atoms with Crippen molar-refractivity contribution in [3.8, 4) is 0 Å². The Bertz CT molecular complexity index is 658. The van der Waals surface area contributed by atoms with Crippen LogP contribution in [-0.4, -0.2) is 11.1 Å². The van der Waals surface area contributed by atoms with Crippen molar-refractivity contribution in [3.63, 3.8) is 0 Å². The zero-order chi connectivity index (χ0) is 13.8. The molecular formula is C15H14INO2. The van der Waals surface area contributed by atoms with Gasteiger partial charge in [0.2, 0.25) is 0 Å². The van der Waals surface area contributed by atoms with Gasteiger partial charge in [0.05, 0.1) is 0 Å². The number of hydrogen-bond donors (Lipinski definition) is 1. The van der Waals surface area contributed by atoms with Crippen molar-refractivity contribution in [1.29, 1.82) is 0 Å². The summed E-state index contributed by atoms with van der Waals surface area (Å²) in [6.07, 6.45) is 0. The molecule has 0 saturated carbocycles. The van der Waals surface area contributed by atoms with Gasteiger partial charge in [-0.1, -0.05) is 30.3 Å². The molecule has 2 rings (SSSR count). The number of oxime groups is 1. The van der Waals surface area contributed by atoms with E-state index >= 15 is 0 Å². The second-order valence-corrected chi connectivity index (χ2v) is 5.78. The molecule has 2 aromatic rings. The third kappa shape index (κ3) is 3.26. The van der Waals surface area contributed by atoms with Crippen LogP contribution in [0.1, 0.15) is 19.4 Å². The molecule has 0 saturated heterocycles. The van der Waals surface area contributed by atoms with Gasteiger partial charge >= 0.3 is 0 Å². The predicted octanol–water partition coefficient (Wildman–Crippen LogP) is 4.68. The zero-order valence-electron chi connectivity index (χ0n) is 10.7. The minimum Gasteiger partial charge on any atom is -0.440 e. The molecule has 0 atom stereocenters. The van der Waals surface area contributed by atoms with Crippen LogP contribution in [0.4, 0.5) is 0 Å². The first-order valence-corrected chi connectivity index (χ1v) is 6.91. The molecule has 19 heavy (non-hydrogen) atoms. The molecular weight excluding hydrogens is 353 g/mol. The number of hydrogen-bond acceptors (Lipinski definition) is 3. The molecule has 4 heteroatoms. The first-order chi connectivity index (χ1) is 9.11. The summed E-state index contributed by atoms with van der Waals surface area (Å²) in [4.78, 5) is 0. The van der Waals surface area contributed by atoms with E-state index in [1.54, 1.807) is 0 Å². The Morgan fingerprint density at radius 3 is 2.42 bits per heavy atom. The number of ether oxygens (including phenoxy) is 1. The Balaban J connectivity index is 2.39. The van der Waals surface area contributed by atoms with Crippen LogP contribution in [0.15, 0.2) is 57.0 Å². The first-order valence-electron chi connectivity index (χ1n) is 5.84. The van der Waals surface area contributed by atoms with Gasteiger partial charge in [-0.3, -0.25) is 0 Å². The Labute approximate surface area is 125 Å². The molecule has 0 spiro atoms. The van der Waals surface area contributed by atoms with Gasteiger partial charge in [-0.2, -0.15) is 0 Å². The molecule has 0 fully saturated rings. The second-order valence-electron chi connectivity index (χ2n) is 4.16. The van der Waals surface area contributed by atoms with Crippen molar-refractivity contribution in [1.82, 2.24) is 0 Å². The quantitative estimate of drug-likeness (QED) is 0.209. The zero-order valence-corrected chi connectivity index (χ0v) is 12.9. The van der Waals surface area contributed by atoms with Crippen LogP contribution in [0.3, 0.4) is 0 Å². The molecule has 98 valence electrons. The summed E-state index contributed by atoms with van der Waals surface area (Å²) in [5, 5.41) is 14.6. The van der Waals surface area contributed by atoms with Gasteiger partial charge in [-0.15, -0.1) is 0 Å². The molecule has 0 amide bonds. The standard InChI is InChI=1S/C15H14INO2/c1-10(16)11(2)19-15(17-18)14-8-7-12-5-3-4-6-13(12)9-14/h3-9,18H,1-2H3/b11-10-,17-15+. The van der Waals surface area contributed by atoms with Gasteiger partial charge in [-0.25, -0.2) is 0 Å². The molecule has 0 aromatic heterocycles. The summed E-state index contributed by atoms with van der Waals surface area (Å²) in [6.45, 7) is 3.78. The summed E-state index contributed by atoms with van der Waals surface area (Å²) in [5.74, 6) is 0.931. The van der Waals surface area contributed by atoms with Crippen molar-refractivity contribution in [2.45, 2.75) is 13.8 Å². The Morgan fingerprint density at radius 1 is 1.11 bits per heavy atom. The second kappa shape index (κ2) is 6.06. The minimum atomic E-state index is 0.208. The Kier molecular flexibility index (Phi) is 4.42. The molecule has 0 bridgehead atoms. The average molecular weight is 367 g/mol. The third-order valence-electron chi connectivity index (χ3n) is 2.82. The van der Waals surface area contributed by atoms with Crippen LogP contribution in [0.25, 0.3) is 10.8 Å². The van der Waals surface area contributed by atoms with Gasteiger partial charge < -0.3 is 9.94 Å². The summed E-state index contributed by atoms with van der Waals surface area (Å²) in [7, 11) is 0. The summed E-state index contributed by atoms with van der Waals surface area (Å²) in [6, 6.07) is 13.8. The van der Waals surface area contributed by atoms with Crippen molar-refractivity contribution in [2.24, 2.45) is 5.16 Å². The highest BCUT2D eigenvalue weighted by Crippen LogP contribution is 2.19. The van der Waals surface area contributed by atoms with Crippen LogP contribution in [0, 0.1) is 0 Å². The minimum absolute atomic E-state index is 0.208. The Morgan fingerprint density at radius 2 is 1.79 bits per heavy atom. The van der Waals surface area contributed by atoms with E-state index in [4.69, 9.17) is 9.94 Å². The van der Waals surface area contributed by atoms with Crippen LogP contribution >= 0.6 is 22.6 Å². The summed E-state index contributed by atoms with van der Waals surface area (Å²) < 4.78 is 6.58. The van der Waals surface area contributed by atoms with E-state index in [2.05, 4.69) is 27.7 Å². The molecule has 3 nitrogen and oxygen atoms in total. The van der Waals surface area contributed by atoms with Crippen molar-refractivity contribution in [2.75, 3.05) is 0 Å². The molecule has 0 aliphatic carbocycles. The van der Waals surface area contributed by atoms with E-state index in [-0.39, 0.29) is 5.90 Å². The topological polar surface area (TPSA) is 41.8 Å². The molecule has 0 aliphatic heterocycles. The SMILES string of the molecule is C/C(I)=C(\C)O/C(=N/O)c1ccc2ccccc2c1. The average Bonchev–Trinajstić information content (AvgIpc) is 2.43. The van der Waals surface area contributed by atoms with Crippen LogP contribution in [0.2, 0.25) is 0 Å². The lowest BCUT2D eigenvalue weighted by molar-refractivity contribution is 0.290. The molecule has 0 aliphatic rings. The maximum atomic E-state index is 9.12. The van der Waals surface area contributed by atoms with E-state index < -0.39 is 0 Å². The lowest BCUT2D eigenvalue weighted by Crippen LogP contribution is -2.06. The third-order valence-corrected chi connectivity index (χ3v) is 3.58. The molecule has 1 N–H and O–H groups in total. The number of fused-ring (bicyclic) bond motifs is 1. The van der Waals surface area contributed by atoms with Gasteiger partial charge in [0, 0.05) is 9.14 Å². The van der Waals surface area contributed by atoms with E-state index in [0.29, 0.717) is 0 Å². The lowest BCUT2D eigenvalue weighted by Gasteiger charge is -2.09. The summed E-state index contributed by atoms with van der Waals surface area (Å²) >= 11 is 2.17. The number of allylic oxidation sites excluding steroid dienone is 2. The van der Waals surface area contributed by atoms with E-state index in [9.17, 15) is 0 Å². The fraction of sp³-hybridized carbons (Fsp3) is 0.133. The lowest BCUT2D eigenvalue weighted by atomic mass is 10.1. The molecule has 2 aromatic carbocycles. The van der Waals surface area contributed by atoms with Crippen LogP contribution in [-0.2, 0) is 4.74 Å². The maximum absolute atomic E-state index is 9.12. The van der Waals surface area contributed by atoms with Crippen molar-refractivity contribution >= 4 is 39.3 Å². The highest BCUT2D eigenvalue weighted by Gasteiger charge is 2.08. The highest BCUT2D eigenvalue weighted by molar-refractivity contribution is 14.1. The van der Waals surface area contributed by atoms with E-state index in [0.717, 1.165) is 25.7 Å². The largest absolute Gasteiger partial charge is 0.440 e. The molecule has 0 radical (unpaired) electrons. The van der Waals surface area contributed by atoms with Crippen LogP contribution in [0.5, 0.6) is 0 Å². The fourth-order valence-corrected chi connectivity index (χ4v) is 1.78. The number of benzene rings is 2. The Hall–Kier alpha value is -1.56. The van der Waals surface area contributed by atoms with Gasteiger partial charge in [0.25, 0.3) is 5.90 Å². The highest BCUT2D eigenvalue weighted by atomic mass is 127. The van der Waals surface area contributed by atoms with E-state index in [1.165, 1.54) is 0 Å². The maximum Gasteiger partial charge on any atom is 0.262 e. The normalized spacial score (nSPS) is 13.3. The van der Waals surface area contributed by atoms with Gasteiger partial charge in [0.1, 0.15) is 5.76 Å². The molecule has 0 heterocycles. The number of halogens is 1. The van der Waals surface area contributed by atoms with E-state index in [1.807, 2.05) is 56.3 Å². The van der Waals surface area contributed by atoms with Gasteiger partial charge in [0.15, 0.2) is 0 Å². The number of nitrogens with zero attached hydrogens (tertiary/aromatic N) is 1. The monoisotopic (exact) mass is 367 g/mol. The molecule has 0 unspecified atom stereocenters. The van der Waals surface area contributed by atoms with Crippen molar-refractivity contribution < 1.29 is 9.94 Å². The van der Waals surface area contributed by atoms with Gasteiger partial charge in [-0.05, 0) is 64.5 Å². The number of rotatable bonds is 2. The fourth-order valence-electron chi connectivity index (χ4n) is 1.67. The summed E-state index contributed by atoms with van der Waals surface area (Å²) in [5.41, 5.74) is 0.748. The predicted molar refractivity (Wildman–Crippen MR) is 85.8 cm³/mol. The van der Waals surface area contributed by atoms with Crippen molar-refractivity contribution in [3.05, 3.63) is 57.4 Å². The smallest absolute Gasteiger partial charge is 0.262 e. The van der Waals surface area contributed by atoms with Crippen LogP contribution < -0.4 is 0 Å².